The number of carbonyl (C=O) groups excluding carboxylic acids is 1. The van der Waals surface area contributed by atoms with Crippen LogP contribution in [0.4, 0.5) is 4.79 Å². The molecule has 0 aliphatic carbocycles. The highest BCUT2D eigenvalue weighted by Crippen LogP contribution is 2.18. The summed E-state index contributed by atoms with van der Waals surface area (Å²) in [5.74, 6) is 0. The van der Waals surface area contributed by atoms with E-state index >= 15 is 0 Å². The number of urea groups is 1. The number of rotatable bonds is 5. The van der Waals surface area contributed by atoms with Gasteiger partial charge in [0.1, 0.15) is 0 Å². The first kappa shape index (κ1) is 17.0. The second kappa shape index (κ2) is 7.81. The summed E-state index contributed by atoms with van der Waals surface area (Å²) in [6.45, 7) is 0.791. The van der Waals surface area contributed by atoms with Gasteiger partial charge in [-0.25, -0.2) is 4.79 Å². The third kappa shape index (κ3) is 4.58. The Balaban J connectivity index is 1.53. The van der Waals surface area contributed by atoms with Crippen LogP contribution < -0.4 is 10.6 Å². The van der Waals surface area contributed by atoms with Gasteiger partial charge in [-0.05, 0) is 35.9 Å². The normalized spacial score (nSPS) is 10.5. The maximum atomic E-state index is 11.9. The zero-order chi connectivity index (χ0) is 17.6. The van der Waals surface area contributed by atoms with Crippen LogP contribution in [0.2, 0.25) is 5.02 Å². The second-order valence-corrected chi connectivity index (χ2v) is 5.98. The Hall–Kier alpha value is -2.86. The van der Waals surface area contributed by atoms with E-state index in [1.807, 2.05) is 37.4 Å². The maximum Gasteiger partial charge on any atom is 0.315 e. The summed E-state index contributed by atoms with van der Waals surface area (Å²) in [7, 11) is 1.87. The molecule has 128 valence electrons. The van der Waals surface area contributed by atoms with Gasteiger partial charge in [0.25, 0.3) is 0 Å². The highest BCUT2D eigenvalue weighted by atomic mass is 35.5. The minimum atomic E-state index is -0.244. The zero-order valence-corrected chi connectivity index (χ0v) is 14.5. The van der Waals surface area contributed by atoms with Gasteiger partial charge >= 0.3 is 6.03 Å². The fourth-order valence-electron chi connectivity index (χ4n) is 2.42. The van der Waals surface area contributed by atoms with Crippen LogP contribution >= 0.6 is 11.6 Å². The Morgan fingerprint density at radius 2 is 1.76 bits per heavy atom. The van der Waals surface area contributed by atoms with Gasteiger partial charge in [0.05, 0.1) is 17.9 Å². The van der Waals surface area contributed by atoms with E-state index in [1.54, 1.807) is 29.2 Å². The molecule has 0 radical (unpaired) electrons. The molecule has 2 aromatic heterocycles. The summed E-state index contributed by atoms with van der Waals surface area (Å²) in [6, 6.07) is 12.9. The van der Waals surface area contributed by atoms with Crippen molar-refractivity contribution >= 4 is 17.6 Å². The molecular formula is C18H18ClN5O. The van der Waals surface area contributed by atoms with Crippen molar-refractivity contribution in [2.24, 2.45) is 7.05 Å². The molecular weight excluding hydrogens is 338 g/mol. The number of hydrogen-bond acceptors (Lipinski definition) is 3. The van der Waals surface area contributed by atoms with Crippen molar-refractivity contribution in [3.8, 4) is 11.3 Å². The van der Waals surface area contributed by atoms with Crippen LogP contribution in [0, 0.1) is 0 Å². The van der Waals surface area contributed by atoms with Gasteiger partial charge in [-0.2, -0.15) is 5.10 Å². The van der Waals surface area contributed by atoms with Crippen molar-refractivity contribution in [1.29, 1.82) is 0 Å². The number of carbonyl (C=O) groups is 1. The number of pyridine rings is 1. The Labute approximate surface area is 150 Å². The summed E-state index contributed by atoms with van der Waals surface area (Å²) >= 11 is 5.84. The molecule has 7 heteroatoms. The van der Waals surface area contributed by atoms with Crippen molar-refractivity contribution in [3.05, 3.63) is 71.1 Å². The van der Waals surface area contributed by atoms with Gasteiger partial charge < -0.3 is 10.6 Å². The number of hydrogen-bond donors (Lipinski definition) is 2. The summed E-state index contributed by atoms with van der Waals surface area (Å²) in [5.41, 5.74) is 3.78. The minimum absolute atomic E-state index is 0.244. The predicted octanol–water partition coefficient (Wildman–Crippen LogP) is 3.13. The molecule has 3 aromatic rings. The van der Waals surface area contributed by atoms with E-state index in [-0.39, 0.29) is 6.03 Å². The monoisotopic (exact) mass is 355 g/mol. The third-order valence-electron chi connectivity index (χ3n) is 3.70. The van der Waals surface area contributed by atoms with Crippen LogP contribution in [0.5, 0.6) is 0 Å². The number of aryl methyl sites for hydroxylation is 1. The highest BCUT2D eigenvalue weighted by molar-refractivity contribution is 6.30. The number of halogens is 1. The van der Waals surface area contributed by atoms with Gasteiger partial charge in [0, 0.05) is 36.6 Å². The highest BCUT2D eigenvalue weighted by Gasteiger charge is 2.08. The molecule has 0 atom stereocenters. The SMILES string of the molecule is Cn1nc(CNC(=O)NCc2ccc(Cl)cc2)cc1-c1ccncc1. The maximum absolute atomic E-state index is 11.9. The number of nitrogens with one attached hydrogen (secondary N) is 2. The Bertz CT molecular complexity index is 846. The first-order valence-electron chi connectivity index (χ1n) is 7.81. The molecule has 0 fully saturated rings. The molecule has 0 spiro atoms. The first-order valence-corrected chi connectivity index (χ1v) is 8.19. The quantitative estimate of drug-likeness (QED) is 0.738. The van der Waals surface area contributed by atoms with Gasteiger partial charge in [0.15, 0.2) is 0 Å². The van der Waals surface area contributed by atoms with Gasteiger partial charge in [-0.15, -0.1) is 0 Å². The fraction of sp³-hybridized carbons (Fsp3) is 0.167. The first-order chi connectivity index (χ1) is 12.1. The van der Waals surface area contributed by atoms with Crippen LogP contribution in [0.15, 0.2) is 54.9 Å². The lowest BCUT2D eigenvalue weighted by Gasteiger charge is -2.06. The topological polar surface area (TPSA) is 71.8 Å². The van der Waals surface area contributed by atoms with Crippen LogP contribution in [0.25, 0.3) is 11.3 Å². The van der Waals surface area contributed by atoms with Crippen molar-refractivity contribution in [2.75, 3.05) is 0 Å². The lowest BCUT2D eigenvalue weighted by molar-refractivity contribution is 0.240. The Morgan fingerprint density at radius 1 is 1.08 bits per heavy atom. The lowest BCUT2D eigenvalue weighted by Crippen LogP contribution is -2.34. The van der Waals surface area contributed by atoms with Crippen molar-refractivity contribution < 1.29 is 4.79 Å². The van der Waals surface area contributed by atoms with Crippen molar-refractivity contribution in [2.45, 2.75) is 13.1 Å². The summed E-state index contributed by atoms with van der Waals surface area (Å²) in [4.78, 5) is 15.9. The number of benzene rings is 1. The Morgan fingerprint density at radius 3 is 2.48 bits per heavy atom. The van der Waals surface area contributed by atoms with Gasteiger partial charge in [-0.1, -0.05) is 23.7 Å². The van der Waals surface area contributed by atoms with Crippen LogP contribution in [-0.4, -0.2) is 20.8 Å². The largest absolute Gasteiger partial charge is 0.334 e. The molecule has 2 heterocycles. The molecule has 0 bridgehead atoms. The molecule has 0 unspecified atom stereocenters. The number of nitrogens with zero attached hydrogens (tertiary/aromatic N) is 3. The molecule has 6 nitrogen and oxygen atoms in total. The molecule has 0 saturated heterocycles. The molecule has 25 heavy (non-hydrogen) atoms. The number of aromatic nitrogens is 3. The minimum Gasteiger partial charge on any atom is -0.334 e. The van der Waals surface area contributed by atoms with Crippen LogP contribution in [0.3, 0.4) is 0 Å². The van der Waals surface area contributed by atoms with Gasteiger partial charge in [0.2, 0.25) is 0 Å². The summed E-state index contributed by atoms with van der Waals surface area (Å²) in [5, 5.41) is 10.7. The summed E-state index contributed by atoms with van der Waals surface area (Å²) in [6.07, 6.45) is 3.48. The van der Waals surface area contributed by atoms with Crippen molar-refractivity contribution in [1.82, 2.24) is 25.4 Å². The van der Waals surface area contributed by atoms with E-state index in [0.29, 0.717) is 18.1 Å². The smallest absolute Gasteiger partial charge is 0.315 e. The molecule has 2 amide bonds. The Kier molecular flexibility index (Phi) is 5.30. The van der Waals surface area contributed by atoms with E-state index in [4.69, 9.17) is 11.6 Å². The average molecular weight is 356 g/mol. The molecule has 2 N–H and O–H groups in total. The molecule has 3 rings (SSSR count). The molecule has 0 saturated carbocycles. The van der Waals surface area contributed by atoms with E-state index < -0.39 is 0 Å². The lowest BCUT2D eigenvalue weighted by atomic mass is 10.2. The number of amides is 2. The van der Waals surface area contributed by atoms with E-state index in [9.17, 15) is 4.79 Å². The molecule has 1 aromatic carbocycles. The predicted molar refractivity (Wildman–Crippen MR) is 97.0 cm³/mol. The zero-order valence-electron chi connectivity index (χ0n) is 13.7. The van der Waals surface area contributed by atoms with Crippen LogP contribution in [-0.2, 0) is 20.1 Å². The van der Waals surface area contributed by atoms with E-state index in [2.05, 4.69) is 20.7 Å². The van der Waals surface area contributed by atoms with E-state index in [0.717, 1.165) is 22.5 Å². The standard InChI is InChI=1S/C18H18ClN5O/c1-24-17(14-6-8-20-9-7-14)10-16(23-24)12-22-18(25)21-11-13-2-4-15(19)5-3-13/h2-10H,11-12H2,1H3,(H2,21,22,25). The molecule has 0 aliphatic rings. The summed E-state index contributed by atoms with van der Waals surface area (Å²) < 4.78 is 1.79. The second-order valence-electron chi connectivity index (χ2n) is 5.54. The van der Waals surface area contributed by atoms with Gasteiger partial charge in [-0.3, -0.25) is 9.67 Å². The third-order valence-corrected chi connectivity index (χ3v) is 3.95. The van der Waals surface area contributed by atoms with Crippen molar-refractivity contribution in [3.63, 3.8) is 0 Å². The van der Waals surface area contributed by atoms with E-state index in [1.165, 1.54) is 0 Å². The van der Waals surface area contributed by atoms with Crippen LogP contribution in [0.1, 0.15) is 11.3 Å². The average Bonchev–Trinajstić information content (AvgIpc) is 3.01. The fourth-order valence-corrected chi connectivity index (χ4v) is 2.55. The molecule has 0 aliphatic heterocycles.